The van der Waals surface area contributed by atoms with Gasteiger partial charge in [-0.05, 0) is 32.0 Å². The summed E-state index contributed by atoms with van der Waals surface area (Å²) in [6, 6.07) is 10.4. The zero-order valence-electron chi connectivity index (χ0n) is 11.9. The number of benzene rings is 1. The maximum absolute atomic E-state index is 12.5. The van der Waals surface area contributed by atoms with Crippen molar-refractivity contribution in [2.24, 2.45) is 0 Å². The lowest BCUT2D eigenvalue weighted by molar-refractivity contribution is -0.135. The number of aliphatic carboxylic acids is 1. The van der Waals surface area contributed by atoms with Crippen LogP contribution in [0.1, 0.15) is 30.4 Å². The second-order valence-corrected chi connectivity index (χ2v) is 4.90. The molecule has 0 bridgehead atoms. The highest BCUT2D eigenvalue weighted by molar-refractivity contribution is 6.06. The summed E-state index contributed by atoms with van der Waals surface area (Å²) in [5, 5.41) is 13.2. The van der Waals surface area contributed by atoms with Gasteiger partial charge in [-0.15, -0.1) is 0 Å². The molecule has 6 nitrogen and oxygen atoms in total. The molecule has 110 valence electrons. The average Bonchev–Trinajstić information content (AvgIpc) is 2.95. The summed E-state index contributed by atoms with van der Waals surface area (Å²) in [6.07, 6.45) is 1.71. The average molecular weight is 287 g/mol. The number of carboxylic acid groups (broad SMARTS) is 1. The molecule has 1 aromatic heterocycles. The normalized spacial score (nSPS) is 10.6. The van der Waals surface area contributed by atoms with Crippen LogP contribution in [-0.4, -0.2) is 33.3 Å². The first-order valence-electron chi connectivity index (χ1n) is 6.63. The van der Waals surface area contributed by atoms with Crippen LogP contribution >= 0.6 is 0 Å². The number of hydrogen-bond acceptors (Lipinski definition) is 3. The number of carboxylic acids is 1. The summed E-state index contributed by atoms with van der Waals surface area (Å²) < 4.78 is 1.66. The van der Waals surface area contributed by atoms with Gasteiger partial charge in [0.2, 0.25) is 0 Å². The number of hydrogen-bond donors (Lipinski definition) is 1. The lowest BCUT2D eigenvalue weighted by Crippen LogP contribution is -2.36. The van der Waals surface area contributed by atoms with Crippen LogP contribution in [0.4, 0.5) is 5.69 Å². The van der Waals surface area contributed by atoms with Crippen molar-refractivity contribution in [3.63, 3.8) is 0 Å². The van der Waals surface area contributed by atoms with Gasteiger partial charge in [-0.25, -0.2) is 0 Å². The molecule has 1 N–H and O–H groups in total. The van der Waals surface area contributed by atoms with Crippen molar-refractivity contribution in [1.29, 1.82) is 0 Å². The molecular formula is C15H17N3O3. The Bertz CT molecular complexity index is 635. The van der Waals surface area contributed by atoms with E-state index in [-0.39, 0.29) is 11.7 Å². The molecule has 2 rings (SSSR count). The van der Waals surface area contributed by atoms with Gasteiger partial charge in [0.15, 0.2) is 5.69 Å². The Morgan fingerprint density at radius 2 is 1.90 bits per heavy atom. The van der Waals surface area contributed by atoms with Gasteiger partial charge in [0.05, 0.1) is 0 Å². The Hall–Kier alpha value is -2.63. The van der Waals surface area contributed by atoms with Gasteiger partial charge in [0.25, 0.3) is 5.91 Å². The third kappa shape index (κ3) is 3.47. The van der Waals surface area contributed by atoms with E-state index in [1.807, 2.05) is 13.8 Å². The molecule has 1 heterocycles. The van der Waals surface area contributed by atoms with Crippen molar-refractivity contribution in [2.75, 3.05) is 11.4 Å². The van der Waals surface area contributed by atoms with E-state index in [4.69, 9.17) is 5.11 Å². The SMILES string of the molecule is CC(C)n1ccc(C(=O)N(CC(=O)O)c2ccccc2)n1. The minimum atomic E-state index is -1.07. The molecule has 1 amide bonds. The quantitative estimate of drug-likeness (QED) is 0.914. The van der Waals surface area contributed by atoms with Crippen molar-refractivity contribution in [1.82, 2.24) is 9.78 Å². The molecule has 6 heteroatoms. The fraction of sp³-hybridized carbons (Fsp3) is 0.267. The Morgan fingerprint density at radius 1 is 1.24 bits per heavy atom. The van der Waals surface area contributed by atoms with Crippen LogP contribution in [-0.2, 0) is 4.79 Å². The zero-order chi connectivity index (χ0) is 15.4. The van der Waals surface area contributed by atoms with Gasteiger partial charge >= 0.3 is 5.97 Å². The highest BCUT2D eigenvalue weighted by atomic mass is 16.4. The number of aromatic nitrogens is 2. The number of carbonyl (C=O) groups excluding carboxylic acids is 1. The Balaban J connectivity index is 2.31. The summed E-state index contributed by atoms with van der Waals surface area (Å²) in [4.78, 5) is 24.7. The smallest absolute Gasteiger partial charge is 0.323 e. The van der Waals surface area contributed by atoms with E-state index in [1.54, 1.807) is 47.3 Å². The van der Waals surface area contributed by atoms with Crippen LogP contribution in [0.5, 0.6) is 0 Å². The number of para-hydroxylation sites is 1. The number of rotatable bonds is 5. The number of anilines is 1. The fourth-order valence-electron chi connectivity index (χ4n) is 1.90. The fourth-order valence-corrected chi connectivity index (χ4v) is 1.90. The van der Waals surface area contributed by atoms with E-state index in [2.05, 4.69) is 5.10 Å². The van der Waals surface area contributed by atoms with Crippen molar-refractivity contribution in [2.45, 2.75) is 19.9 Å². The molecular weight excluding hydrogens is 270 g/mol. The van der Waals surface area contributed by atoms with Crippen LogP contribution in [0.3, 0.4) is 0 Å². The maximum atomic E-state index is 12.5. The molecule has 1 aromatic carbocycles. The summed E-state index contributed by atoms with van der Waals surface area (Å²) in [7, 11) is 0. The molecule has 0 saturated heterocycles. The molecule has 0 aliphatic heterocycles. The van der Waals surface area contributed by atoms with Crippen molar-refractivity contribution in [3.05, 3.63) is 48.3 Å². The van der Waals surface area contributed by atoms with Crippen LogP contribution in [0.25, 0.3) is 0 Å². The summed E-state index contributed by atoms with van der Waals surface area (Å²) in [5.41, 5.74) is 0.762. The van der Waals surface area contributed by atoms with Gasteiger partial charge in [-0.2, -0.15) is 5.10 Å². The van der Waals surface area contributed by atoms with Gasteiger partial charge in [0.1, 0.15) is 6.54 Å². The van der Waals surface area contributed by atoms with Gasteiger partial charge in [-0.1, -0.05) is 18.2 Å². The molecule has 0 unspecified atom stereocenters. The second-order valence-electron chi connectivity index (χ2n) is 4.90. The first kappa shape index (κ1) is 14.8. The Morgan fingerprint density at radius 3 is 2.43 bits per heavy atom. The Labute approximate surface area is 122 Å². The van der Waals surface area contributed by atoms with Gasteiger partial charge in [0, 0.05) is 17.9 Å². The molecule has 0 atom stereocenters. The molecule has 0 aliphatic carbocycles. The third-order valence-electron chi connectivity index (χ3n) is 2.96. The maximum Gasteiger partial charge on any atom is 0.323 e. The molecule has 0 fully saturated rings. The molecule has 0 radical (unpaired) electrons. The summed E-state index contributed by atoms with van der Waals surface area (Å²) in [5.74, 6) is -1.50. The largest absolute Gasteiger partial charge is 0.480 e. The Kier molecular flexibility index (Phi) is 4.37. The number of nitrogens with zero attached hydrogens (tertiary/aromatic N) is 3. The summed E-state index contributed by atoms with van der Waals surface area (Å²) in [6.45, 7) is 3.50. The van der Waals surface area contributed by atoms with Crippen LogP contribution < -0.4 is 4.90 Å². The number of carbonyl (C=O) groups is 2. The van der Waals surface area contributed by atoms with Gasteiger partial charge < -0.3 is 5.11 Å². The van der Waals surface area contributed by atoms with Crippen molar-refractivity contribution < 1.29 is 14.7 Å². The van der Waals surface area contributed by atoms with E-state index in [1.165, 1.54) is 4.90 Å². The van der Waals surface area contributed by atoms with E-state index < -0.39 is 18.4 Å². The van der Waals surface area contributed by atoms with E-state index in [0.29, 0.717) is 5.69 Å². The monoisotopic (exact) mass is 287 g/mol. The van der Waals surface area contributed by atoms with Crippen molar-refractivity contribution >= 4 is 17.6 Å². The molecule has 0 spiro atoms. The van der Waals surface area contributed by atoms with Gasteiger partial charge in [-0.3, -0.25) is 19.2 Å². The first-order valence-corrected chi connectivity index (χ1v) is 6.63. The van der Waals surface area contributed by atoms with Crippen LogP contribution in [0.15, 0.2) is 42.6 Å². The lowest BCUT2D eigenvalue weighted by atomic mass is 10.2. The topological polar surface area (TPSA) is 75.4 Å². The molecule has 0 saturated carbocycles. The van der Waals surface area contributed by atoms with E-state index >= 15 is 0 Å². The zero-order valence-corrected chi connectivity index (χ0v) is 11.9. The van der Waals surface area contributed by atoms with E-state index in [0.717, 1.165) is 0 Å². The minimum absolute atomic E-state index is 0.135. The highest BCUT2D eigenvalue weighted by Gasteiger charge is 2.22. The van der Waals surface area contributed by atoms with Crippen LogP contribution in [0.2, 0.25) is 0 Å². The third-order valence-corrected chi connectivity index (χ3v) is 2.96. The molecule has 0 aliphatic rings. The second kappa shape index (κ2) is 6.21. The van der Waals surface area contributed by atoms with Crippen LogP contribution in [0, 0.1) is 0 Å². The predicted octanol–water partition coefficient (Wildman–Crippen LogP) is 2.20. The predicted molar refractivity (Wildman–Crippen MR) is 78.4 cm³/mol. The lowest BCUT2D eigenvalue weighted by Gasteiger charge is -2.19. The minimum Gasteiger partial charge on any atom is -0.480 e. The standard InChI is InChI=1S/C15H17N3O3/c1-11(2)18-9-8-13(16-18)15(21)17(10-14(19)20)12-6-4-3-5-7-12/h3-9,11H,10H2,1-2H3,(H,19,20). The molecule has 21 heavy (non-hydrogen) atoms. The summed E-state index contributed by atoms with van der Waals surface area (Å²) >= 11 is 0. The van der Waals surface area contributed by atoms with E-state index in [9.17, 15) is 9.59 Å². The first-order chi connectivity index (χ1) is 9.99. The highest BCUT2D eigenvalue weighted by Crippen LogP contribution is 2.16. The number of amides is 1. The van der Waals surface area contributed by atoms with Crippen molar-refractivity contribution in [3.8, 4) is 0 Å². The molecule has 2 aromatic rings.